The van der Waals surface area contributed by atoms with Crippen molar-refractivity contribution in [3.63, 3.8) is 0 Å². The van der Waals surface area contributed by atoms with Crippen LogP contribution in [-0.4, -0.2) is 18.2 Å². The summed E-state index contributed by atoms with van der Waals surface area (Å²) in [6.45, 7) is 1.60. The van der Waals surface area contributed by atoms with E-state index in [1.807, 2.05) is 13.1 Å². The van der Waals surface area contributed by atoms with Crippen LogP contribution in [0.5, 0.6) is 0 Å². The Morgan fingerprint density at radius 1 is 1.47 bits per heavy atom. The second kappa shape index (κ2) is 3.81. The van der Waals surface area contributed by atoms with Gasteiger partial charge in [-0.1, -0.05) is 6.07 Å². The first-order chi connectivity index (χ1) is 7.11. The number of halogens is 1. The number of anilines is 1. The first kappa shape index (κ1) is 10.4. The van der Waals surface area contributed by atoms with Crippen LogP contribution in [-0.2, 0) is 0 Å². The summed E-state index contributed by atoms with van der Waals surface area (Å²) >= 11 is 0. The predicted molar refractivity (Wildman–Crippen MR) is 58.5 cm³/mol. The van der Waals surface area contributed by atoms with Gasteiger partial charge >= 0.3 is 0 Å². The van der Waals surface area contributed by atoms with Gasteiger partial charge < -0.3 is 10.0 Å². The van der Waals surface area contributed by atoms with E-state index in [1.54, 1.807) is 13.0 Å². The van der Waals surface area contributed by atoms with Crippen LogP contribution in [0, 0.1) is 5.82 Å². The maximum Gasteiger partial charge on any atom is 0.131 e. The molecule has 1 N–H and O–H groups in total. The first-order valence-corrected chi connectivity index (χ1v) is 5.30. The summed E-state index contributed by atoms with van der Waals surface area (Å²) in [6, 6.07) is 5.47. The van der Waals surface area contributed by atoms with Gasteiger partial charge in [0.15, 0.2) is 0 Å². The van der Waals surface area contributed by atoms with E-state index in [9.17, 15) is 9.50 Å². The summed E-state index contributed by atoms with van der Waals surface area (Å²) in [5, 5.41) is 9.57. The van der Waals surface area contributed by atoms with E-state index >= 15 is 0 Å². The largest absolute Gasteiger partial charge is 0.389 e. The number of aliphatic hydroxyl groups excluding tert-OH is 1. The molecular formula is C12H16FNO. The van der Waals surface area contributed by atoms with E-state index in [0.29, 0.717) is 11.6 Å². The third-order valence-electron chi connectivity index (χ3n) is 2.92. The highest BCUT2D eigenvalue weighted by atomic mass is 19.1. The number of rotatable bonds is 3. The van der Waals surface area contributed by atoms with Crippen molar-refractivity contribution in [2.45, 2.75) is 31.9 Å². The van der Waals surface area contributed by atoms with E-state index < -0.39 is 6.10 Å². The van der Waals surface area contributed by atoms with E-state index in [4.69, 9.17) is 0 Å². The summed E-state index contributed by atoms with van der Waals surface area (Å²) in [7, 11) is 1.96. The molecule has 0 aromatic heterocycles. The third-order valence-corrected chi connectivity index (χ3v) is 2.92. The van der Waals surface area contributed by atoms with Gasteiger partial charge in [0.25, 0.3) is 0 Å². The molecule has 1 aliphatic carbocycles. The van der Waals surface area contributed by atoms with Crippen LogP contribution in [0.15, 0.2) is 18.2 Å². The molecule has 1 saturated carbocycles. The molecule has 0 spiro atoms. The zero-order valence-corrected chi connectivity index (χ0v) is 9.07. The molecule has 15 heavy (non-hydrogen) atoms. The quantitative estimate of drug-likeness (QED) is 0.826. The molecule has 1 fully saturated rings. The van der Waals surface area contributed by atoms with E-state index in [0.717, 1.165) is 18.5 Å². The van der Waals surface area contributed by atoms with Crippen molar-refractivity contribution in [1.29, 1.82) is 0 Å². The predicted octanol–water partition coefficient (Wildman–Crippen LogP) is 2.48. The second-order valence-corrected chi connectivity index (χ2v) is 4.19. The van der Waals surface area contributed by atoms with Crippen molar-refractivity contribution in [3.8, 4) is 0 Å². The summed E-state index contributed by atoms with van der Waals surface area (Å²) in [5.74, 6) is -0.324. The minimum absolute atomic E-state index is 0.324. The summed E-state index contributed by atoms with van der Waals surface area (Å²) in [5.41, 5.74) is 1.22. The maximum absolute atomic E-state index is 13.6. The van der Waals surface area contributed by atoms with Crippen LogP contribution in [0.25, 0.3) is 0 Å². The minimum atomic E-state index is -0.762. The van der Waals surface area contributed by atoms with Gasteiger partial charge in [-0.25, -0.2) is 4.39 Å². The van der Waals surface area contributed by atoms with Gasteiger partial charge in [0, 0.05) is 24.3 Å². The van der Waals surface area contributed by atoms with E-state index in [-0.39, 0.29) is 5.82 Å². The first-order valence-electron chi connectivity index (χ1n) is 5.30. The maximum atomic E-state index is 13.6. The molecule has 1 unspecified atom stereocenters. The fourth-order valence-electron chi connectivity index (χ4n) is 1.91. The van der Waals surface area contributed by atoms with E-state index in [1.165, 1.54) is 6.07 Å². The van der Waals surface area contributed by atoms with Crippen molar-refractivity contribution in [2.24, 2.45) is 0 Å². The van der Waals surface area contributed by atoms with Crippen molar-refractivity contribution in [3.05, 3.63) is 29.6 Å². The van der Waals surface area contributed by atoms with Crippen LogP contribution >= 0.6 is 0 Å². The molecule has 0 saturated heterocycles. The molecule has 3 heteroatoms. The van der Waals surface area contributed by atoms with Gasteiger partial charge in [-0.15, -0.1) is 0 Å². The molecule has 0 radical (unpaired) electrons. The van der Waals surface area contributed by atoms with Crippen LogP contribution in [0.2, 0.25) is 0 Å². The number of aliphatic hydroxyl groups is 1. The molecule has 1 aromatic carbocycles. The Kier molecular flexibility index (Phi) is 2.65. The van der Waals surface area contributed by atoms with Gasteiger partial charge in [-0.05, 0) is 31.9 Å². The van der Waals surface area contributed by atoms with Crippen molar-refractivity contribution >= 4 is 5.69 Å². The van der Waals surface area contributed by atoms with Crippen molar-refractivity contribution in [1.82, 2.24) is 0 Å². The average molecular weight is 209 g/mol. The van der Waals surface area contributed by atoms with Crippen LogP contribution in [0.3, 0.4) is 0 Å². The highest BCUT2D eigenvalue weighted by Crippen LogP contribution is 2.35. The SMILES string of the molecule is CC(O)c1c(F)cccc1N(C)C1CC1. The Morgan fingerprint density at radius 2 is 2.13 bits per heavy atom. The van der Waals surface area contributed by atoms with Gasteiger partial charge in [-0.2, -0.15) is 0 Å². The molecule has 82 valence electrons. The lowest BCUT2D eigenvalue weighted by Gasteiger charge is -2.23. The number of hydrogen-bond donors (Lipinski definition) is 1. The smallest absolute Gasteiger partial charge is 0.131 e. The van der Waals surface area contributed by atoms with Crippen molar-refractivity contribution < 1.29 is 9.50 Å². The molecule has 0 heterocycles. The van der Waals surface area contributed by atoms with Gasteiger partial charge in [0.1, 0.15) is 5.82 Å². The molecule has 2 rings (SSSR count). The fourth-order valence-corrected chi connectivity index (χ4v) is 1.91. The molecule has 0 amide bonds. The average Bonchev–Trinajstić information content (AvgIpc) is 2.98. The molecular weight excluding hydrogens is 193 g/mol. The normalized spacial score (nSPS) is 17.6. The molecule has 1 aliphatic rings. The lowest BCUT2D eigenvalue weighted by atomic mass is 10.1. The minimum Gasteiger partial charge on any atom is -0.389 e. The van der Waals surface area contributed by atoms with Crippen LogP contribution in [0.1, 0.15) is 31.4 Å². The zero-order valence-electron chi connectivity index (χ0n) is 9.07. The van der Waals surface area contributed by atoms with Crippen LogP contribution < -0.4 is 4.90 Å². The Bertz CT molecular complexity index is 361. The molecule has 1 aromatic rings. The molecule has 0 aliphatic heterocycles. The topological polar surface area (TPSA) is 23.5 Å². The molecule has 0 bridgehead atoms. The Morgan fingerprint density at radius 3 is 2.67 bits per heavy atom. The van der Waals surface area contributed by atoms with Gasteiger partial charge in [0.05, 0.1) is 6.10 Å². The summed E-state index contributed by atoms with van der Waals surface area (Å²) in [6.07, 6.45) is 1.56. The summed E-state index contributed by atoms with van der Waals surface area (Å²) < 4.78 is 13.6. The van der Waals surface area contributed by atoms with Gasteiger partial charge in [-0.3, -0.25) is 0 Å². The second-order valence-electron chi connectivity index (χ2n) is 4.19. The Balaban J connectivity index is 2.40. The fraction of sp³-hybridized carbons (Fsp3) is 0.500. The standard InChI is InChI=1S/C12H16FNO/c1-8(15)12-10(13)4-3-5-11(12)14(2)9-6-7-9/h3-5,8-9,15H,6-7H2,1-2H3. The number of hydrogen-bond acceptors (Lipinski definition) is 2. The zero-order chi connectivity index (χ0) is 11.0. The van der Waals surface area contributed by atoms with Crippen molar-refractivity contribution in [2.75, 3.05) is 11.9 Å². The highest BCUT2D eigenvalue weighted by molar-refractivity contribution is 5.56. The highest BCUT2D eigenvalue weighted by Gasteiger charge is 2.29. The number of nitrogens with zero attached hydrogens (tertiary/aromatic N) is 1. The Hall–Kier alpha value is -1.09. The summed E-state index contributed by atoms with van der Waals surface area (Å²) in [4.78, 5) is 2.06. The van der Waals surface area contributed by atoms with E-state index in [2.05, 4.69) is 4.90 Å². The third kappa shape index (κ3) is 1.97. The van der Waals surface area contributed by atoms with Gasteiger partial charge in [0.2, 0.25) is 0 Å². The monoisotopic (exact) mass is 209 g/mol. The lowest BCUT2D eigenvalue weighted by Crippen LogP contribution is -2.22. The molecule has 2 nitrogen and oxygen atoms in total. The van der Waals surface area contributed by atoms with Crippen LogP contribution in [0.4, 0.5) is 10.1 Å². The Labute approximate surface area is 89.3 Å². The lowest BCUT2D eigenvalue weighted by molar-refractivity contribution is 0.194. The number of benzene rings is 1. The molecule has 1 atom stereocenters.